The largest absolute Gasteiger partial charge is 0.296 e. The molecule has 102 valence electrons. The van der Waals surface area contributed by atoms with E-state index < -0.39 is 0 Å². The van der Waals surface area contributed by atoms with Crippen molar-refractivity contribution < 1.29 is 0 Å². The maximum atomic E-state index is 5.86. The number of rotatable bonds is 5. The fraction of sp³-hybridized carbons (Fsp3) is 0.714. The van der Waals surface area contributed by atoms with E-state index in [1.165, 1.54) is 37.2 Å². The van der Waals surface area contributed by atoms with Gasteiger partial charge in [0.05, 0.1) is 6.04 Å². The van der Waals surface area contributed by atoms with Crippen LogP contribution in [0.4, 0.5) is 0 Å². The molecule has 3 nitrogen and oxygen atoms in total. The molecule has 2 unspecified atom stereocenters. The molecule has 2 rings (SSSR count). The van der Waals surface area contributed by atoms with Crippen molar-refractivity contribution in [2.24, 2.45) is 5.84 Å². The van der Waals surface area contributed by atoms with Gasteiger partial charge in [0.1, 0.15) is 0 Å². The monoisotopic (exact) mass is 267 g/mol. The number of thiophene rings is 1. The normalized spacial score (nSPS) is 22.6. The molecule has 0 amide bonds. The second-order valence-corrected chi connectivity index (χ2v) is 6.35. The number of hydrogen-bond donors (Lipinski definition) is 2. The van der Waals surface area contributed by atoms with Gasteiger partial charge in [-0.15, -0.1) is 11.3 Å². The minimum absolute atomic E-state index is 0.111. The highest BCUT2D eigenvalue weighted by Gasteiger charge is 2.39. The van der Waals surface area contributed by atoms with E-state index in [4.69, 9.17) is 5.84 Å². The lowest BCUT2D eigenvalue weighted by molar-refractivity contribution is 0.0435. The Morgan fingerprint density at radius 3 is 2.67 bits per heavy atom. The molecule has 0 aromatic carbocycles. The number of likely N-dealkylation sites (tertiary alicyclic amines) is 1. The Hall–Kier alpha value is -0.420. The van der Waals surface area contributed by atoms with E-state index in [9.17, 15) is 0 Å². The number of hydrogen-bond acceptors (Lipinski definition) is 4. The summed E-state index contributed by atoms with van der Waals surface area (Å²) in [4.78, 5) is 3.97. The summed E-state index contributed by atoms with van der Waals surface area (Å²) < 4.78 is 0. The van der Waals surface area contributed by atoms with Crippen molar-refractivity contribution in [3.05, 3.63) is 22.4 Å². The predicted octanol–water partition coefficient (Wildman–Crippen LogP) is 2.91. The molecule has 1 aliphatic heterocycles. The Morgan fingerprint density at radius 1 is 1.44 bits per heavy atom. The topological polar surface area (TPSA) is 41.3 Å². The van der Waals surface area contributed by atoms with Gasteiger partial charge in [-0.1, -0.05) is 19.4 Å². The fourth-order valence-corrected chi connectivity index (χ4v) is 3.97. The first-order chi connectivity index (χ1) is 8.72. The smallest absolute Gasteiger partial charge is 0.0733 e. The third kappa shape index (κ3) is 2.62. The van der Waals surface area contributed by atoms with Crippen molar-refractivity contribution in [3.8, 4) is 0 Å². The summed E-state index contributed by atoms with van der Waals surface area (Å²) >= 11 is 1.79. The van der Waals surface area contributed by atoms with Gasteiger partial charge in [-0.25, -0.2) is 0 Å². The summed E-state index contributed by atoms with van der Waals surface area (Å²) in [5, 5.41) is 2.13. The van der Waals surface area contributed by atoms with Crippen molar-refractivity contribution in [1.29, 1.82) is 0 Å². The molecular formula is C14H25N3S. The third-order valence-corrected chi connectivity index (χ3v) is 5.35. The number of nitrogens with one attached hydrogen (secondary N) is 1. The summed E-state index contributed by atoms with van der Waals surface area (Å²) in [5.41, 5.74) is 3.17. The molecule has 18 heavy (non-hydrogen) atoms. The van der Waals surface area contributed by atoms with Crippen LogP contribution in [0.15, 0.2) is 17.5 Å². The van der Waals surface area contributed by atoms with Crippen molar-refractivity contribution >= 4 is 11.3 Å². The Morgan fingerprint density at radius 2 is 2.17 bits per heavy atom. The molecule has 1 aliphatic rings. The fourth-order valence-electron chi connectivity index (χ4n) is 3.04. The molecule has 0 saturated carbocycles. The Labute approximate surface area is 114 Å². The van der Waals surface area contributed by atoms with E-state index in [2.05, 4.69) is 41.7 Å². The minimum atomic E-state index is 0.111. The van der Waals surface area contributed by atoms with Gasteiger partial charge in [0.15, 0.2) is 0 Å². The highest BCUT2D eigenvalue weighted by Crippen LogP contribution is 2.37. The van der Waals surface area contributed by atoms with Crippen LogP contribution in [0.2, 0.25) is 0 Å². The summed E-state index contributed by atoms with van der Waals surface area (Å²) in [7, 11) is 0. The van der Waals surface area contributed by atoms with Gasteiger partial charge in [-0.2, -0.15) is 0 Å². The molecule has 4 heteroatoms. The average Bonchev–Trinajstić information content (AvgIpc) is 2.94. The van der Waals surface area contributed by atoms with Crippen LogP contribution in [0.5, 0.6) is 0 Å². The van der Waals surface area contributed by atoms with Crippen molar-refractivity contribution in [1.82, 2.24) is 10.3 Å². The van der Waals surface area contributed by atoms with Gasteiger partial charge in [0, 0.05) is 10.4 Å². The third-order valence-electron chi connectivity index (χ3n) is 4.41. The summed E-state index contributed by atoms with van der Waals surface area (Å²) in [6, 6.07) is 4.52. The predicted molar refractivity (Wildman–Crippen MR) is 78.5 cm³/mol. The highest BCUT2D eigenvalue weighted by atomic mass is 32.1. The SMILES string of the molecule is CCC(C)(C(NN)c1cccs1)N1CCCCC1. The molecule has 2 heterocycles. The first-order valence-corrected chi connectivity index (χ1v) is 7.85. The van der Waals surface area contributed by atoms with Gasteiger partial charge < -0.3 is 0 Å². The second kappa shape index (κ2) is 6.15. The van der Waals surface area contributed by atoms with E-state index in [1.807, 2.05) is 0 Å². The summed E-state index contributed by atoms with van der Waals surface area (Å²) in [6.07, 6.45) is 5.12. The molecular weight excluding hydrogens is 242 g/mol. The number of hydrazine groups is 1. The Balaban J connectivity index is 2.23. The molecule has 0 bridgehead atoms. The Kier molecular flexibility index (Phi) is 4.78. The van der Waals surface area contributed by atoms with Gasteiger partial charge in [-0.3, -0.25) is 16.2 Å². The molecule has 3 N–H and O–H groups in total. The van der Waals surface area contributed by atoms with E-state index >= 15 is 0 Å². The van der Waals surface area contributed by atoms with Crippen molar-refractivity contribution in [2.45, 2.75) is 51.1 Å². The lowest BCUT2D eigenvalue weighted by atomic mass is 9.85. The van der Waals surface area contributed by atoms with Crippen LogP contribution < -0.4 is 11.3 Å². The summed E-state index contributed by atoms with van der Waals surface area (Å²) in [5.74, 6) is 5.86. The number of nitrogens with zero attached hydrogens (tertiary/aromatic N) is 1. The first-order valence-electron chi connectivity index (χ1n) is 6.97. The van der Waals surface area contributed by atoms with E-state index in [0.717, 1.165) is 6.42 Å². The lowest BCUT2D eigenvalue weighted by Gasteiger charge is -2.47. The zero-order chi connectivity index (χ0) is 13.0. The number of piperidine rings is 1. The standard InChI is InChI=1S/C14H25N3S/c1-3-14(2,17-9-5-4-6-10-17)13(16-15)12-8-7-11-18-12/h7-8,11,13,16H,3-6,9-10,15H2,1-2H3. The van der Waals surface area contributed by atoms with Crippen LogP contribution in [0.1, 0.15) is 50.4 Å². The van der Waals surface area contributed by atoms with Gasteiger partial charge in [-0.05, 0) is 50.7 Å². The molecule has 1 saturated heterocycles. The zero-order valence-electron chi connectivity index (χ0n) is 11.5. The van der Waals surface area contributed by atoms with Crippen LogP contribution in [-0.4, -0.2) is 23.5 Å². The molecule has 1 aromatic heterocycles. The van der Waals surface area contributed by atoms with Crippen LogP contribution in [0.3, 0.4) is 0 Å². The summed E-state index contributed by atoms with van der Waals surface area (Å²) in [6.45, 7) is 7.02. The lowest BCUT2D eigenvalue weighted by Crippen LogP contribution is -2.56. The van der Waals surface area contributed by atoms with Crippen molar-refractivity contribution in [2.75, 3.05) is 13.1 Å². The van der Waals surface area contributed by atoms with Crippen LogP contribution in [-0.2, 0) is 0 Å². The van der Waals surface area contributed by atoms with Gasteiger partial charge in [0.25, 0.3) is 0 Å². The molecule has 0 aliphatic carbocycles. The van der Waals surface area contributed by atoms with Gasteiger partial charge >= 0.3 is 0 Å². The molecule has 2 atom stereocenters. The first kappa shape index (κ1) is 14.0. The van der Waals surface area contributed by atoms with E-state index in [-0.39, 0.29) is 11.6 Å². The van der Waals surface area contributed by atoms with E-state index in [1.54, 1.807) is 11.3 Å². The Bertz CT molecular complexity index is 346. The van der Waals surface area contributed by atoms with Crippen LogP contribution in [0.25, 0.3) is 0 Å². The van der Waals surface area contributed by atoms with Crippen LogP contribution >= 0.6 is 11.3 Å². The molecule has 0 radical (unpaired) electrons. The minimum Gasteiger partial charge on any atom is -0.296 e. The molecule has 1 fully saturated rings. The molecule has 0 spiro atoms. The maximum absolute atomic E-state index is 5.86. The highest BCUT2D eigenvalue weighted by molar-refractivity contribution is 7.10. The molecule has 1 aromatic rings. The maximum Gasteiger partial charge on any atom is 0.0733 e. The van der Waals surface area contributed by atoms with Crippen molar-refractivity contribution in [3.63, 3.8) is 0 Å². The second-order valence-electron chi connectivity index (χ2n) is 5.37. The van der Waals surface area contributed by atoms with Crippen LogP contribution in [0, 0.1) is 0 Å². The quantitative estimate of drug-likeness (QED) is 0.636. The number of nitrogens with two attached hydrogens (primary N) is 1. The van der Waals surface area contributed by atoms with E-state index in [0.29, 0.717) is 0 Å². The van der Waals surface area contributed by atoms with Gasteiger partial charge in [0.2, 0.25) is 0 Å². The average molecular weight is 267 g/mol. The zero-order valence-corrected chi connectivity index (χ0v) is 12.3.